The summed E-state index contributed by atoms with van der Waals surface area (Å²) < 4.78 is 55.4. The van der Waals surface area contributed by atoms with Gasteiger partial charge in [0.25, 0.3) is 0 Å². The van der Waals surface area contributed by atoms with E-state index in [2.05, 4.69) is 4.98 Å². The fourth-order valence-corrected chi connectivity index (χ4v) is 5.63. The molecule has 0 amide bonds. The lowest BCUT2D eigenvalue weighted by Crippen LogP contribution is -2.49. The summed E-state index contributed by atoms with van der Waals surface area (Å²) in [5, 5.41) is 0. The number of hydrogen-bond acceptors (Lipinski definition) is 4. The monoisotopic (exact) mass is 442 g/mol. The van der Waals surface area contributed by atoms with Crippen molar-refractivity contribution < 1.29 is 22.0 Å². The predicted octanol–water partition coefficient (Wildman–Crippen LogP) is 3.91. The van der Waals surface area contributed by atoms with Gasteiger partial charge in [-0.2, -0.15) is 4.31 Å². The van der Waals surface area contributed by atoms with Crippen molar-refractivity contribution in [2.45, 2.75) is 29.7 Å². The number of nitrogens with zero attached hydrogens (tertiary/aromatic N) is 2. The molecular weight excluding hydrogens is 422 g/mol. The molecule has 8 heteroatoms. The standard InChI is InChI=1S/C23H20F2N2O3S/c24-18-7-3-16(4-8-18)23(17-5-9-19(25)10-6-17)22-14-20(28)11-13-27(22)31(29,30)21-2-1-12-26-15-21/h1-10,12,15,22-23H,11,13-14H2. The second-order valence-corrected chi connectivity index (χ2v) is 9.34. The molecular formula is C23H20F2N2O3S. The van der Waals surface area contributed by atoms with Gasteiger partial charge in [-0.05, 0) is 47.5 Å². The fourth-order valence-electron chi connectivity index (χ4n) is 4.03. The Morgan fingerprint density at radius 3 is 2.03 bits per heavy atom. The summed E-state index contributed by atoms with van der Waals surface area (Å²) >= 11 is 0. The fraction of sp³-hybridized carbons (Fsp3) is 0.217. The van der Waals surface area contributed by atoms with Crippen molar-refractivity contribution in [2.24, 2.45) is 0 Å². The maximum absolute atomic E-state index is 13.6. The van der Waals surface area contributed by atoms with Crippen molar-refractivity contribution in [1.29, 1.82) is 0 Å². The minimum absolute atomic E-state index is 0.00108. The molecule has 1 atom stereocenters. The molecule has 160 valence electrons. The van der Waals surface area contributed by atoms with Crippen LogP contribution in [0.25, 0.3) is 0 Å². The van der Waals surface area contributed by atoms with Crippen LogP contribution in [0.1, 0.15) is 29.9 Å². The number of pyridine rings is 1. The molecule has 1 aromatic heterocycles. The van der Waals surface area contributed by atoms with Crippen LogP contribution in [-0.2, 0) is 14.8 Å². The zero-order chi connectivity index (χ0) is 22.0. The van der Waals surface area contributed by atoms with Crippen molar-refractivity contribution in [3.63, 3.8) is 0 Å². The highest BCUT2D eigenvalue weighted by atomic mass is 32.2. The van der Waals surface area contributed by atoms with Gasteiger partial charge in [0.1, 0.15) is 22.3 Å². The van der Waals surface area contributed by atoms with E-state index in [1.165, 1.54) is 53.1 Å². The lowest BCUT2D eigenvalue weighted by Gasteiger charge is -2.39. The summed E-state index contributed by atoms with van der Waals surface area (Å²) in [7, 11) is -3.94. The van der Waals surface area contributed by atoms with Crippen LogP contribution < -0.4 is 0 Å². The van der Waals surface area contributed by atoms with E-state index in [1.54, 1.807) is 24.3 Å². The van der Waals surface area contributed by atoms with E-state index < -0.39 is 33.6 Å². The smallest absolute Gasteiger partial charge is 0.244 e. The Morgan fingerprint density at radius 2 is 1.52 bits per heavy atom. The molecule has 0 N–H and O–H groups in total. The minimum Gasteiger partial charge on any atom is -0.300 e. The Labute approximate surface area is 179 Å². The van der Waals surface area contributed by atoms with Gasteiger partial charge in [-0.1, -0.05) is 24.3 Å². The number of sulfonamides is 1. The number of aromatic nitrogens is 1. The molecule has 1 saturated heterocycles. The number of ketones is 1. The van der Waals surface area contributed by atoms with Gasteiger partial charge in [-0.3, -0.25) is 9.78 Å². The Balaban J connectivity index is 1.84. The molecule has 0 spiro atoms. The first-order valence-corrected chi connectivity index (χ1v) is 11.2. The molecule has 5 nitrogen and oxygen atoms in total. The zero-order valence-electron chi connectivity index (χ0n) is 16.5. The van der Waals surface area contributed by atoms with Crippen molar-refractivity contribution in [3.05, 3.63) is 95.8 Å². The van der Waals surface area contributed by atoms with Gasteiger partial charge in [0.15, 0.2) is 0 Å². The molecule has 1 unspecified atom stereocenters. The molecule has 1 aliphatic rings. The summed E-state index contributed by atoms with van der Waals surface area (Å²) in [6.07, 6.45) is 2.86. The van der Waals surface area contributed by atoms with Gasteiger partial charge in [0, 0.05) is 43.7 Å². The summed E-state index contributed by atoms with van der Waals surface area (Å²) in [6, 6.07) is 13.7. The lowest BCUT2D eigenvalue weighted by atomic mass is 9.81. The highest BCUT2D eigenvalue weighted by Gasteiger charge is 2.41. The molecule has 1 aliphatic heterocycles. The van der Waals surface area contributed by atoms with E-state index in [0.717, 1.165) is 0 Å². The molecule has 2 heterocycles. The van der Waals surface area contributed by atoms with Crippen LogP contribution in [0.5, 0.6) is 0 Å². The van der Waals surface area contributed by atoms with Crippen molar-refractivity contribution in [2.75, 3.05) is 6.54 Å². The maximum atomic E-state index is 13.6. The van der Waals surface area contributed by atoms with Crippen LogP contribution in [0, 0.1) is 11.6 Å². The predicted molar refractivity (Wildman–Crippen MR) is 111 cm³/mol. The highest BCUT2D eigenvalue weighted by Crippen LogP contribution is 2.37. The normalized spacial score (nSPS) is 17.8. The number of Topliss-reactive ketones (excluding diaryl/α,β-unsaturated/α-hetero) is 1. The Hall–Kier alpha value is -2.97. The third kappa shape index (κ3) is 4.40. The van der Waals surface area contributed by atoms with Crippen LogP contribution in [-0.4, -0.2) is 36.1 Å². The molecule has 0 radical (unpaired) electrons. The number of carbonyl (C=O) groups is 1. The summed E-state index contributed by atoms with van der Waals surface area (Å²) in [4.78, 5) is 16.3. The molecule has 0 bridgehead atoms. The molecule has 4 rings (SSSR count). The van der Waals surface area contributed by atoms with Crippen molar-refractivity contribution in [3.8, 4) is 0 Å². The largest absolute Gasteiger partial charge is 0.300 e. The first kappa shape index (κ1) is 21.3. The third-order valence-electron chi connectivity index (χ3n) is 5.50. The van der Waals surface area contributed by atoms with Crippen molar-refractivity contribution >= 4 is 15.8 Å². The molecule has 0 saturated carbocycles. The first-order chi connectivity index (χ1) is 14.9. The average Bonchev–Trinajstić information content (AvgIpc) is 2.77. The van der Waals surface area contributed by atoms with Crippen LogP contribution in [0.2, 0.25) is 0 Å². The number of benzene rings is 2. The van der Waals surface area contributed by atoms with E-state index in [-0.39, 0.29) is 30.1 Å². The summed E-state index contributed by atoms with van der Waals surface area (Å²) in [5.74, 6) is -1.50. The van der Waals surface area contributed by atoms with Crippen LogP contribution in [0.3, 0.4) is 0 Å². The lowest BCUT2D eigenvalue weighted by molar-refractivity contribution is -0.122. The van der Waals surface area contributed by atoms with Gasteiger partial charge in [-0.15, -0.1) is 0 Å². The summed E-state index contributed by atoms with van der Waals surface area (Å²) in [5.41, 5.74) is 1.28. The Bertz CT molecular complexity index is 1120. The maximum Gasteiger partial charge on any atom is 0.244 e. The van der Waals surface area contributed by atoms with Gasteiger partial charge >= 0.3 is 0 Å². The highest BCUT2D eigenvalue weighted by molar-refractivity contribution is 7.89. The van der Waals surface area contributed by atoms with E-state index >= 15 is 0 Å². The van der Waals surface area contributed by atoms with E-state index in [9.17, 15) is 22.0 Å². The number of halogens is 2. The number of rotatable bonds is 5. The van der Waals surface area contributed by atoms with Crippen LogP contribution >= 0.6 is 0 Å². The van der Waals surface area contributed by atoms with E-state index in [0.29, 0.717) is 11.1 Å². The number of hydrogen-bond donors (Lipinski definition) is 0. The second-order valence-electron chi connectivity index (χ2n) is 7.45. The first-order valence-electron chi connectivity index (χ1n) is 9.81. The molecule has 0 aliphatic carbocycles. The third-order valence-corrected chi connectivity index (χ3v) is 7.41. The number of piperidine rings is 1. The van der Waals surface area contributed by atoms with Gasteiger partial charge in [-0.25, -0.2) is 17.2 Å². The molecule has 31 heavy (non-hydrogen) atoms. The van der Waals surface area contributed by atoms with E-state index in [1.807, 2.05) is 0 Å². The quantitative estimate of drug-likeness (QED) is 0.601. The van der Waals surface area contributed by atoms with Crippen molar-refractivity contribution in [1.82, 2.24) is 9.29 Å². The topological polar surface area (TPSA) is 67.3 Å². The SMILES string of the molecule is O=C1CCN(S(=O)(=O)c2cccnc2)C(C(c2ccc(F)cc2)c2ccc(F)cc2)C1. The zero-order valence-corrected chi connectivity index (χ0v) is 17.3. The van der Waals surface area contributed by atoms with E-state index in [4.69, 9.17) is 0 Å². The number of carbonyl (C=O) groups excluding carboxylic acids is 1. The second kappa shape index (κ2) is 8.64. The Morgan fingerprint density at radius 1 is 0.935 bits per heavy atom. The molecule has 2 aromatic carbocycles. The van der Waals surface area contributed by atoms with Gasteiger partial charge in [0.2, 0.25) is 10.0 Å². The Kier molecular flexibility index (Phi) is 5.93. The summed E-state index contributed by atoms with van der Waals surface area (Å²) in [6.45, 7) is 0.0274. The van der Waals surface area contributed by atoms with Gasteiger partial charge in [0.05, 0.1) is 0 Å². The van der Waals surface area contributed by atoms with Gasteiger partial charge < -0.3 is 0 Å². The van der Waals surface area contributed by atoms with Crippen LogP contribution in [0.15, 0.2) is 78.0 Å². The van der Waals surface area contributed by atoms with Crippen LogP contribution in [0.4, 0.5) is 8.78 Å². The average molecular weight is 442 g/mol. The molecule has 3 aromatic rings. The minimum atomic E-state index is -3.94. The molecule has 1 fully saturated rings.